The van der Waals surface area contributed by atoms with Crippen LogP contribution in [0.3, 0.4) is 0 Å². The van der Waals surface area contributed by atoms with Crippen LogP contribution < -0.4 is 15.4 Å². The molecule has 0 unspecified atom stereocenters. The Morgan fingerprint density at radius 3 is 2.33 bits per heavy atom. The van der Waals surface area contributed by atoms with E-state index in [1.807, 2.05) is 0 Å². The first-order chi connectivity index (χ1) is 11.4. The first-order valence-corrected chi connectivity index (χ1v) is 7.94. The van der Waals surface area contributed by atoms with Crippen molar-refractivity contribution in [2.24, 2.45) is 0 Å². The minimum absolute atomic E-state index is 0.238. The van der Waals surface area contributed by atoms with Crippen LogP contribution >= 0.6 is 34.8 Å². The summed E-state index contributed by atoms with van der Waals surface area (Å²) < 4.78 is 5.44. The molecule has 8 heteroatoms. The molecule has 0 bridgehead atoms. The number of carbonyl (C=O) groups excluding carboxylic acids is 2. The monoisotopic (exact) mass is 386 g/mol. The Bertz CT molecular complexity index is 781. The number of halogens is 3. The molecule has 0 aliphatic rings. The molecule has 0 aromatic heterocycles. The van der Waals surface area contributed by atoms with E-state index in [0.717, 1.165) is 0 Å². The van der Waals surface area contributed by atoms with Gasteiger partial charge < -0.3 is 15.4 Å². The molecule has 2 amide bonds. The zero-order valence-corrected chi connectivity index (χ0v) is 14.8. The van der Waals surface area contributed by atoms with E-state index < -0.39 is 5.91 Å². The highest BCUT2D eigenvalue weighted by molar-refractivity contribution is 6.44. The van der Waals surface area contributed by atoms with E-state index in [0.29, 0.717) is 22.1 Å². The summed E-state index contributed by atoms with van der Waals surface area (Å²) in [7, 11) is 0. The largest absolute Gasteiger partial charge is 0.482 e. The number of para-hydroxylation sites is 2. The predicted octanol–water partition coefficient (Wildman–Crippen LogP) is 4.62. The van der Waals surface area contributed by atoms with Crippen molar-refractivity contribution in [1.29, 1.82) is 0 Å². The normalized spacial score (nSPS) is 10.2. The zero-order chi connectivity index (χ0) is 17.7. The molecule has 0 aliphatic carbocycles. The van der Waals surface area contributed by atoms with Crippen LogP contribution in [-0.4, -0.2) is 18.4 Å². The minimum atomic E-state index is -0.437. The quantitative estimate of drug-likeness (QED) is 0.735. The van der Waals surface area contributed by atoms with E-state index in [1.54, 1.807) is 24.3 Å². The van der Waals surface area contributed by atoms with Gasteiger partial charge in [-0.25, -0.2) is 0 Å². The van der Waals surface area contributed by atoms with Gasteiger partial charge in [-0.3, -0.25) is 9.59 Å². The molecule has 24 heavy (non-hydrogen) atoms. The SMILES string of the molecule is CC(=O)Nc1ccccc1OCC(=O)Nc1cc(Cl)c(Cl)cc1Cl. The lowest BCUT2D eigenvalue weighted by atomic mass is 10.3. The lowest BCUT2D eigenvalue weighted by Crippen LogP contribution is -2.21. The Morgan fingerprint density at radius 2 is 1.62 bits per heavy atom. The second kappa shape index (κ2) is 8.24. The van der Waals surface area contributed by atoms with E-state index in [4.69, 9.17) is 39.5 Å². The zero-order valence-electron chi connectivity index (χ0n) is 12.5. The molecule has 0 atom stereocenters. The number of anilines is 2. The van der Waals surface area contributed by atoms with Gasteiger partial charge in [0, 0.05) is 6.92 Å². The first kappa shape index (κ1) is 18.4. The van der Waals surface area contributed by atoms with Crippen molar-refractivity contribution in [2.45, 2.75) is 6.92 Å². The van der Waals surface area contributed by atoms with E-state index in [1.165, 1.54) is 19.1 Å². The Morgan fingerprint density at radius 1 is 0.958 bits per heavy atom. The van der Waals surface area contributed by atoms with Gasteiger partial charge in [-0.2, -0.15) is 0 Å². The van der Waals surface area contributed by atoms with Crippen molar-refractivity contribution >= 4 is 58.0 Å². The Hall–Kier alpha value is -1.95. The number of ether oxygens (including phenoxy) is 1. The molecule has 126 valence electrons. The molecule has 0 saturated carbocycles. The summed E-state index contributed by atoms with van der Waals surface area (Å²) in [5.41, 5.74) is 0.806. The van der Waals surface area contributed by atoms with Crippen LogP contribution in [0.1, 0.15) is 6.92 Å². The highest BCUT2D eigenvalue weighted by Gasteiger charge is 2.11. The number of amides is 2. The minimum Gasteiger partial charge on any atom is -0.482 e. The smallest absolute Gasteiger partial charge is 0.262 e. The van der Waals surface area contributed by atoms with E-state index in [-0.39, 0.29) is 22.6 Å². The second-order valence-corrected chi connectivity index (χ2v) is 5.98. The van der Waals surface area contributed by atoms with Gasteiger partial charge in [0.05, 0.1) is 26.4 Å². The van der Waals surface area contributed by atoms with Crippen molar-refractivity contribution in [3.63, 3.8) is 0 Å². The van der Waals surface area contributed by atoms with Gasteiger partial charge in [0.2, 0.25) is 5.91 Å². The summed E-state index contributed by atoms with van der Waals surface area (Å²) in [6.45, 7) is 1.11. The second-order valence-electron chi connectivity index (χ2n) is 4.76. The number of hydrogen-bond donors (Lipinski definition) is 2. The standard InChI is InChI=1S/C16H13Cl3N2O3/c1-9(22)20-13-4-2-3-5-15(13)24-8-16(23)21-14-7-11(18)10(17)6-12(14)19/h2-7H,8H2,1H3,(H,20,22)(H,21,23). The number of rotatable bonds is 5. The molecule has 0 aliphatic heterocycles. The van der Waals surface area contributed by atoms with E-state index in [9.17, 15) is 9.59 Å². The maximum Gasteiger partial charge on any atom is 0.262 e. The van der Waals surface area contributed by atoms with Crippen molar-refractivity contribution in [1.82, 2.24) is 0 Å². The Labute approximate surface area is 153 Å². The van der Waals surface area contributed by atoms with Crippen molar-refractivity contribution in [3.8, 4) is 5.75 Å². The fourth-order valence-corrected chi connectivity index (χ4v) is 2.43. The lowest BCUT2D eigenvalue weighted by Gasteiger charge is -2.12. The van der Waals surface area contributed by atoms with Gasteiger partial charge in [-0.15, -0.1) is 0 Å². The molecular formula is C16H13Cl3N2O3. The molecular weight excluding hydrogens is 375 g/mol. The van der Waals surface area contributed by atoms with Crippen LogP contribution in [0.2, 0.25) is 15.1 Å². The number of nitrogens with one attached hydrogen (secondary N) is 2. The molecule has 2 rings (SSSR count). The third kappa shape index (κ3) is 5.03. The molecule has 0 fully saturated rings. The molecule has 2 aromatic carbocycles. The summed E-state index contributed by atoms with van der Waals surface area (Å²) in [6, 6.07) is 9.68. The first-order valence-electron chi connectivity index (χ1n) is 6.80. The van der Waals surface area contributed by atoms with Crippen LogP contribution in [0.4, 0.5) is 11.4 Å². The van der Waals surface area contributed by atoms with Crippen LogP contribution in [0, 0.1) is 0 Å². The Kier molecular flexibility index (Phi) is 6.31. The third-order valence-corrected chi connectivity index (χ3v) is 3.88. The van der Waals surface area contributed by atoms with E-state index in [2.05, 4.69) is 10.6 Å². The van der Waals surface area contributed by atoms with Crippen molar-refractivity contribution in [2.75, 3.05) is 17.2 Å². The molecule has 2 N–H and O–H groups in total. The highest BCUT2D eigenvalue weighted by Crippen LogP contribution is 2.32. The van der Waals surface area contributed by atoms with Gasteiger partial charge in [0.1, 0.15) is 5.75 Å². The maximum atomic E-state index is 12.0. The van der Waals surface area contributed by atoms with Crippen LogP contribution in [-0.2, 0) is 9.59 Å². The van der Waals surface area contributed by atoms with Gasteiger partial charge in [-0.1, -0.05) is 46.9 Å². The van der Waals surface area contributed by atoms with Crippen molar-refractivity contribution < 1.29 is 14.3 Å². The third-order valence-electron chi connectivity index (χ3n) is 2.84. The number of carbonyl (C=O) groups is 2. The fraction of sp³-hybridized carbons (Fsp3) is 0.125. The lowest BCUT2D eigenvalue weighted by molar-refractivity contribution is -0.118. The molecule has 5 nitrogen and oxygen atoms in total. The van der Waals surface area contributed by atoms with Gasteiger partial charge >= 0.3 is 0 Å². The predicted molar refractivity (Wildman–Crippen MR) is 96.3 cm³/mol. The van der Waals surface area contributed by atoms with Gasteiger partial charge in [0.15, 0.2) is 6.61 Å². The van der Waals surface area contributed by atoms with Crippen LogP contribution in [0.5, 0.6) is 5.75 Å². The van der Waals surface area contributed by atoms with Gasteiger partial charge in [-0.05, 0) is 24.3 Å². The van der Waals surface area contributed by atoms with Crippen LogP contribution in [0.25, 0.3) is 0 Å². The average molecular weight is 388 g/mol. The van der Waals surface area contributed by atoms with Crippen LogP contribution in [0.15, 0.2) is 36.4 Å². The van der Waals surface area contributed by atoms with E-state index >= 15 is 0 Å². The molecule has 0 heterocycles. The summed E-state index contributed by atoms with van der Waals surface area (Å²) in [4.78, 5) is 23.2. The topological polar surface area (TPSA) is 67.4 Å². The fourth-order valence-electron chi connectivity index (χ4n) is 1.83. The Balaban J connectivity index is 2.02. The maximum absolute atomic E-state index is 12.0. The van der Waals surface area contributed by atoms with Gasteiger partial charge in [0.25, 0.3) is 5.91 Å². The highest BCUT2D eigenvalue weighted by atomic mass is 35.5. The van der Waals surface area contributed by atoms with Crippen molar-refractivity contribution in [3.05, 3.63) is 51.5 Å². The summed E-state index contributed by atoms with van der Waals surface area (Å²) in [6.07, 6.45) is 0. The average Bonchev–Trinajstić information content (AvgIpc) is 2.51. The molecule has 0 radical (unpaired) electrons. The molecule has 0 saturated heterocycles. The molecule has 2 aromatic rings. The summed E-state index contributed by atoms with van der Waals surface area (Å²) in [5, 5.41) is 6.03. The summed E-state index contributed by atoms with van der Waals surface area (Å²) in [5.74, 6) is -0.297. The number of hydrogen-bond acceptors (Lipinski definition) is 3. The molecule has 0 spiro atoms. The summed E-state index contributed by atoms with van der Waals surface area (Å²) >= 11 is 17.7. The number of benzene rings is 2.